The van der Waals surface area contributed by atoms with Crippen LogP contribution in [0.3, 0.4) is 0 Å². The van der Waals surface area contributed by atoms with Crippen LogP contribution in [0.1, 0.15) is 19.4 Å². The van der Waals surface area contributed by atoms with Gasteiger partial charge in [-0.15, -0.1) is 0 Å². The zero-order valence-electron chi connectivity index (χ0n) is 18.4. The first-order valence-corrected chi connectivity index (χ1v) is 10.5. The summed E-state index contributed by atoms with van der Waals surface area (Å²) in [6.45, 7) is 3.74. The van der Waals surface area contributed by atoms with Gasteiger partial charge in [0.2, 0.25) is 0 Å². The van der Waals surface area contributed by atoms with E-state index in [-0.39, 0.29) is 18.4 Å². The second-order valence-corrected chi connectivity index (χ2v) is 8.37. The minimum absolute atomic E-state index is 0.181. The van der Waals surface area contributed by atoms with E-state index in [1.54, 1.807) is 79.4 Å². The summed E-state index contributed by atoms with van der Waals surface area (Å²) >= 11 is 0. The Labute approximate surface area is 191 Å². The van der Waals surface area contributed by atoms with Crippen molar-refractivity contribution >= 4 is 23.4 Å². The van der Waals surface area contributed by atoms with Gasteiger partial charge in [-0.1, -0.05) is 48.5 Å². The van der Waals surface area contributed by atoms with Crippen LogP contribution in [0.2, 0.25) is 0 Å². The topological polar surface area (TPSA) is 76.1 Å². The fraction of sp³-hybridized carbons (Fsp3) is 0.200. The number of nitrogens with zero attached hydrogens (tertiary/aromatic N) is 3. The van der Waals surface area contributed by atoms with Crippen LogP contribution in [0.5, 0.6) is 0 Å². The maximum Gasteiger partial charge on any atom is 0.347 e. The van der Waals surface area contributed by atoms with Crippen LogP contribution in [0.25, 0.3) is 0 Å². The normalized spacial score (nSPS) is 17.2. The molecule has 7 nitrogen and oxygen atoms in total. The molecule has 1 aliphatic heterocycles. The highest BCUT2D eigenvalue weighted by molar-refractivity contribution is 5.98. The second-order valence-electron chi connectivity index (χ2n) is 8.37. The standard InChI is InChI=1S/C25H25FN4O3/c1-25(2)22(30(33)23(31)27-20-9-5-3-6-10-20)29(21-11-7-4-8-12-21)24(32)28(25)17-18-13-15-19(26)16-14-18/h3-16,22,33H,17H2,1-2H3,(H,27,31)/t22-/m1/s1. The quantitative estimate of drug-likeness (QED) is 0.411. The number of nitrogens with one attached hydrogen (secondary N) is 1. The molecular weight excluding hydrogens is 423 g/mol. The van der Waals surface area contributed by atoms with E-state index in [1.807, 2.05) is 12.1 Å². The average molecular weight is 448 g/mol. The van der Waals surface area contributed by atoms with E-state index < -0.39 is 17.7 Å². The van der Waals surface area contributed by atoms with E-state index in [1.165, 1.54) is 17.0 Å². The smallest absolute Gasteiger partial charge is 0.311 e. The molecule has 0 aliphatic carbocycles. The van der Waals surface area contributed by atoms with Crippen molar-refractivity contribution in [3.05, 3.63) is 96.3 Å². The Morgan fingerprint density at radius 1 is 1.00 bits per heavy atom. The molecule has 4 amide bonds. The van der Waals surface area contributed by atoms with Gasteiger partial charge in [0.1, 0.15) is 5.82 Å². The number of benzene rings is 3. The molecule has 33 heavy (non-hydrogen) atoms. The highest BCUT2D eigenvalue weighted by Crippen LogP contribution is 2.38. The molecule has 0 bridgehead atoms. The molecule has 1 aliphatic rings. The minimum Gasteiger partial charge on any atom is -0.311 e. The van der Waals surface area contributed by atoms with Gasteiger partial charge in [0, 0.05) is 17.9 Å². The van der Waals surface area contributed by atoms with Crippen molar-refractivity contribution in [2.75, 3.05) is 10.2 Å². The summed E-state index contributed by atoms with van der Waals surface area (Å²) in [7, 11) is 0. The molecule has 0 aromatic heterocycles. The fourth-order valence-corrected chi connectivity index (χ4v) is 4.04. The molecule has 4 rings (SSSR count). The number of amides is 4. The van der Waals surface area contributed by atoms with Crippen LogP contribution in [0.4, 0.5) is 25.4 Å². The average Bonchev–Trinajstić information content (AvgIpc) is 3.01. The third-order valence-corrected chi connectivity index (χ3v) is 5.76. The van der Waals surface area contributed by atoms with Gasteiger partial charge in [-0.2, -0.15) is 5.06 Å². The number of hydrogen-bond donors (Lipinski definition) is 2. The summed E-state index contributed by atoms with van der Waals surface area (Å²) in [5.41, 5.74) is 0.779. The lowest BCUT2D eigenvalue weighted by molar-refractivity contribution is -0.0954. The summed E-state index contributed by atoms with van der Waals surface area (Å²) in [5.74, 6) is -0.367. The van der Waals surface area contributed by atoms with Crippen LogP contribution in [-0.2, 0) is 6.54 Å². The molecule has 3 aromatic carbocycles. The van der Waals surface area contributed by atoms with Gasteiger partial charge in [0.15, 0.2) is 6.17 Å². The van der Waals surface area contributed by atoms with Gasteiger partial charge in [0.05, 0.1) is 5.54 Å². The number of anilines is 2. The van der Waals surface area contributed by atoms with Gasteiger partial charge in [0.25, 0.3) is 0 Å². The van der Waals surface area contributed by atoms with Crippen LogP contribution < -0.4 is 10.2 Å². The Morgan fingerprint density at radius 3 is 2.18 bits per heavy atom. The SMILES string of the molecule is CC1(C)[C@@H](N(O)C(=O)Nc2ccccc2)N(c2ccccc2)C(=O)N1Cc1ccc(F)cc1. The van der Waals surface area contributed by atoms with E-state index in [0.29, 0.717) is 16.4 Å². The lowest BCUT2D eigenvalue weighted by Crippen LogP contribution is -2.58. The molecular formula is C25H25FN4O3. The Kier molecular flexibility index (Phi) is 6.02. The Balaban J connectivity index is 1.69. The number of hydrogen-bond acceptors (Lipinski definition) is 3. The first kappa shape index (κ1) is 22.3. The summed E-state index contributed by atoms with van der Waals surface area (Å²) in [6, 6.07) is 22.3. The molecule has 8 heteroatoms. The molecule has 1 saturated heterocycles. The zero-order valence-corrected chi connectivity index (χ0v) is 18.4. The lowest BCUT2D eigenvalue weighted by Gasteiger charge is -2.38. The van der Waals surface area contributed by atoms with Gasteiger partial charge < -0.3 is 10.2 Å². The number of halogens is 1. The molecule has 0 radical (unpaired) electrons. The largest absolute Gasteiger partial charge is 0.347 e. The Hall–Kier alpha value is -3.91. The van der Waals surface area contributed by atoms with Crippen molar-refractivity contribution < 1.29 is 19.2 Å². The van der Waals surface area contributed by atoms with Gasteiger partial charge in [-0.25, -0.2) is 14.0 Å². The molecule has 2 N–H and O–H groups in total. The molecule has 1 heterocycles. The van der Waals surface area contributed by atoms with Crippen LogP contribution in [0, 0.1) is 5.82 Å². The minimum atomic E-state index is -1.03. The van der Waals surface area contributed by atoms with E-state index in [9.17, 15) is 19.2 Å². The second kappa shape index (κ2) is 8.91. The number of urea groups is 2. The van der Waals surface area contributed by atoms with Gasteiger partial charge in [-0.05, 0) is 55.8 Å². The summed E-state index contributed by atoms with van der Waals surface area (Å²) in [6.07, 6.45) is -1.03. The number of rotatable bonds is 5. The molecule has 0 saturated carbocycles. The third kappa shape index (κ3) is 4.38. The van der Waals surface area contributed by atoms with Gasteiger partial charge >= 0.3 is 12.1 Å². The molecule has 3 aromatic rings. The molecule has 170 valence electrons. The van der Waals surface area contributed by atoms with Crippen molar-refractivity contribution in [2.24, 2.45) is 0 Å². The highest BCUT2D eigenvalue weighted by Gasteiger charge is 2.56. The Morgan fingerprint density at radius 2 is 1.58 bits per heavy atom. The Bertz CT molecular complexity index is 1120. The lowest BCUT2D eigenvalue weighted by atomic mass is 9.99. The molecule has 1 fully saturated rings. The van der Waals surface area contributed by atoms with Crippen LogP contribution >= 0.6 is 0 Å². The fourth-order valence-electron chi connectivity index (χ4n) is 4.04. The summed E-state index contributed by atoms with van der Waals surface area (Å²) in [4.78, 5) is 29.5. The number of hydroxylamine groups is 2. The predicted octanol–water partition coefficient (Wildman–Crippen LogP) is 5.30. The zero-order chi connectivity index (χ0) is 23.6. The molecule has 0 unspecified atom stereocenters. The molecule has 0 spiro atoms. The van der Waals surface area contributed by atoms with Crippen molar-refractivity contribution in [1.82, 2.24) is 9.96 Å². The summed E-state index contributed by atoms with van der Waals surface area (Å²) in [5, 5.41) is 14.2. The maximum absolute atomic E-state index is 13.6. The van der Waals surface area contributed by atoms with E-state index in [4.69, 9.17) is 0 Å². The van der Waals surface area contributed by atoms with Crippen molar-refractivity contribution in [2.45, 2.75) is 32.1 Å². The van der Waals surface area contributed by atoms with E-state index in [0.717, 1.165) is 5.56 Å². The summed E-state index contributed by atoms with van der Waals surface area (Å²) < 4.78 is 13.4. The van der Waals surface area contributed by atoms with Crippen molar-refractivity contribution in [3.63, 3.8) is 0 Å². The first-order valence-electron chi connectivity index (χ1n) is 10.5. The monoisotopic (exact) mass is 448 g/mol. The maximum atomic E-state index is 13.6. The first-order chi connectivity index (χ1) is 15.8. The van der Waals surface area contributed by atoms with E-state index in [2.05, 4.69) is 5.32 Å². The third-order valence-electron chi connectivity index (χ3n) is 5.76. The predicted molar refractivity (Wildman–Crippen MR) is 123 cm³/mol. The number of carbonyl (C=O) groups is 2. The van der Waals surface area contributed by atoms with Crippen molar-refractivity contribution in [3.8, 4) is 0 Å². The molecule has 1 atom stereocenters. The number of para-hydroxylation sites is 2. The van der Waals surface area contributed by atoms with Crippen molar-refractivity contribution in [1.29, 1.82) is 0 Å². The van der Waals surface area contributed by atoms with Crippen LogP contribution in [-0.4, -0.2) is 38.9 Å². The number of carbonyl (C=O) groups excluding carboxylic acids is 2. The van der Waals surface area contributed by atoms with Gasteiger partial charge in [-0.3, -0.25) is 10.1 Å². The van der Waals surface area contributed by atoms with Crippen LogP contribution in [0.15, 0.2) is 84.9 Å². The highest BCUT2D eigenvalue weighted by atomic mass is 19.1. The van der Waals surface area contributed by atoms with E-state index >= 15 is 0 Å².